The first-order valence-electron chi connectivity index (χ1n) is 48.7. The standard InChI is InChI=1S/C94H149N19O28S4/c1-11-13-15-57(6)94(10)93(8,9)143-51-62(52-144-94)112-141-50-77(121)109-78(55(3)4)87(127)105-67(16-14-23-99-91(97)130)83(123)103-61-19-17-59(18-20-61)49-140-92(131)102-44-60(95)43-98-24-25-133-26-27-134-28-29-135-30-31-136-32-33-137-34-35-138-36-37-139-38-39-142-53-66-72(116)22-21-64-65-41-68-82(122)100-46-76(120)108-79(56(5)12-2)86(126)101-45-75(119)104-70(54-145(132)89(65)111-81(64)66)84(124)107-69(42-74(96)118)90(129)113-47-63(115)40-71(113)85(125)110-80(88(128)106-68)58(7)73(117)48-114/h17-22,43,55-58,63,67-71,73,78-80,98,111,114-117H,11-16,23-42,44-54,95H2,1-10H3,(H2,96,118)(H,100,122)(H,101,126)(H,102,131)(H,103,123)(H,104,119)(H,105,127)(H,106,128)(H,107,124)(H,108,120)(H,109,121)(H,110,125)(H3,97,99,130)/b60-43-,112-62-/t56-,57?,58-,63+,67-,68-,69-,70+,71-,73-,78-,79-,80-,94-,145?/m0/s1. The maximum atomic E-state index is 15.3. The largest absolute Gasteiger partial charge is 0.508 e. The van der Waals surface area contributed by atoms with Crippen molar-refractivity contribution in [2.24, 2.45) is 46.0 Å². The highest BCUT2D eigenvalue weighted by molar-refractivity contribution is 8.06. The molecule has 0 spiro atoms. The van der Waals surface area contributed by atoms with Crippen molar-refractivity contribution >= 4 is 151 Å². The number of carbonyl (C=O) groups is 14. The number of aromatic nitrogens is 1. The molecule has 1 aromatic heterocycles. The summed E-state index contributed by atoms with van der Waals surface area (Å²) in [6.07, 6.45) is -0.100. The summed E-state index contributed by atoms with van der Waals surface area (Å²) in [5.41, 5.74) is 19.5. The third kappa shape index (κ3) is 40.6. The number of aliphatic hydroxyl groups excluding tert-OH is 3. The van der Waals surface area contributed by atoms with Crippen molar-refractivity contribution < 1.29 is 134 Å². The summed E-state index contributed by atoms with van der Waals surface area (Å²) < 4.78 is 60.1. The number of alkyl carbamates (subject to hydrolysis) is 1. The number of aromatic amines is 1. The van der Waals surface area contributed by atoms with E-state index in [1.807, 2.05) is 23.5 Å². The number of nitrogens with one attached hydrogen (secondary N) is 14. The van der Waals surface area contributed by atoms with Gasteiger partial charge in [-0.05, 0) is 93.2 Å². The summed E-state index contributed by atoms with van der Waals surface area (Å²) in [4.78, 5) is 202. The number of nitrogens with zero attached hydrogens (tertiary/aromatic N) is 2. The van der Waals surface area contributed by atoms with Crippen LogP contribution < -0.4 is 86.3 Å². The zero-order valence-electron chi connectivity index (χ0n) is 84.1. The van der Waals surface area contributed by atoms with Crippen LogP contribution in [0.25, 0.3) is 10.9 Å². The predicted octanol–water partition coefficient (Wildman–Crippen LogP) is -1.03. The first-order valence-corrected chi connectivity index (χ1v) is 53.2. The maximum absolute atomic E-state index is 15.3. The van der Waals surface area contributed by atoms with E-state index in [4.69, 9.17) is 59.9 Å². The van der Waals surface area contributed by atoms with E-state index in [1.165, 1.54) is 37.0 Å². The van der Waals surface area contributed by atoms with Gasteiger partial charge in [-0.25, -0.2) is 9.59 Å². The Morgan fingerprint density at radius 2 is 1.31 bits per heavy atom. The van der Waals surface area contributed by atoms with Crippen molar-refractivity contribution in [3.05, 3.63) is 65.0 Å². The van der Waals surface area contributed by atoms with Gasteiger partial charge in [0.2, 0.25) is 65.0 Å². The molecule has 4 aliphatic rings. The normalized spacial score (nSPS) is 22.2. The van der Waals surface area contributed by atoms with Crippen molar-refractivity contribution in [3.8, 4) is 5.75 Å². The molecule has 0 radical (unpaired) electrons. The number of phenolic OH excluding ortho intramolecular Hbond substituents is 1. The van der Waals surface area contributed by atoms with Crippen molar-refractivity contribution in [1.82, 2.24) is 73.7 Å². The molecule has 51 heteroatoms. The summed E-state index contributed by atoms with van der Waals surface area (Å²) >= 11 is 5.02. The number of thioether (sulfide) groups is 3. The van der Waals surface area contributed by atoms with Gasteiger partial charge in [-0.2, -0.15) is 11.8 Å². The number of carbonyl (C=O) groups excluding carboxylic acids is 14. The van der Waals surface area contributed by atoms with Crippen LogP contribution >= 0.6 is 35.3 Å². The molecule has 24 N–H and O–H groups in total. The van der Waals surface area contributed by atoms with E-state index in [0.717, 1.165) is 29.9 Å². The van der Waals surface area contributed by atoms with E-state index < -0.39 is 224 Å². The van der Waals surface area contributed by atoms with Crippen LogP contribution in [0.15, 0.2) is 58.5 Å². The van der Waals surface area contributed by atoms with Crippen molar-refractivity contribution in [3.63, 3.8) is 0 Å². The lowest BCUT2D eigenvalue weighted by atomic mass is 9.81. The zero-order chi connectivity index (χ0) is 106. The fourth-order valence-electron chi connectivity index (χ4n) is 15.8. The SMILES string of the molecule is CCCCC(C)[C@]1(C)SC/C(=N\OCC(=O)N[C@H](C(=O)N[C@@H](CCCNC(N)=O)C(=O)Nc2ccc(COC(=O)NC/C(N)=C/NCCOCCOCCOCCOCCOCCOCCOCCSCc3c(O)ccc4c5c([nH]c34)S(=O)C[C@H]3NC(=O)CNC(=O)[C@H]([C@@H](C)CC)NC(=O)CNC(=O)[C@H](C5)NC(=O)[C@H]([C@@H](C)[C@@H](O)CO)NC(=O)[C@@H]4C[C@@H](O)CN4C(=O)[C@H](CC(N)=O)NC3=O)cc2)C(C)C)CSC1(C)C. The Morgan fingerprint density at radius 3 is 1.92 bits per heavy atom. The van der Waals surface area contributed by atoms with Gasteiger partial charge in [-0.15, -0.1) is 23.5 Å². The molecule has 2 saturated heterocycles. The number of hydrogen-bond donors (Lipinski definition) is 21. The fraction of sp³-hybridized carbons (Fsp3) is 0.670. The highest BCUT2D eigenvalue weighted by Crippen LogP contribution is 2.52. The summed E-state index contributed by atoms with van der Waals surface area (Å²) in [6.45, 7) is 20.7. The highest BCUT2D eigenvalue weighted by atomic mass is 32.2. The number of nitrogens with two attached hydrogens (primary N) is 3. The Labute approximate surface area is 859 Å². The minimum atomic E-state index is -2.51. The van der Waals surface area contributed by atoms with Gasteiger partial charge in [0.1, 0.15) is 65.7 Å². The summed E-state index contributed by atoms with van der Waals surface area (Å²) in [6, 6.07) is -3.94. The number of oxime groups is 1. The molecule has 7 rings (SSSR count). The number of rotatable bonds is 55. The number of aromatic hydroxyl groups is 1. The Balaban J connectivity index is 0.765. The Morgan fingerprint density at radius 1 is 0.690 bits per heavy atom. The number of ether oxygens (including phenoxy) is 8. The number of unbranched alkanes of at least 4 members (excludes halogenated alkanes) is 1. The lowest BCUT2D eigenvalue weighted by Crippen LogP contribution is -2.62. The Bertz CT molecular complexity index is 4830. The monoisotopic (exact) mass is 2120 g/mol. The first-order chi connectivity index (χ1) is 69.2. The molecule has 3 aromatic rings. The van der Waals surface area contributed by atoms with Crippen LogP contribution in [0.4, 0.5) is 15.3 Å². The molecule has 4 aliphatic heterocycles. The molecule has 2 unspecified atom stereocenters. The fourth-order valence-corrected chi connectivity index (χ4v) is 21.1. The summed E-state index contributed by atoms with van der Waals surface area (Å²) in [5.74, 6) is -12.4. The van der Waals surface area contributed by atoms with Crippen LogP contribution in [-0.2, 0) is 130 Å². The molecule has 145 heavy (non-hydrogen) atoms. The maximum Gasteiger partial charge on any atom is 0.407 e. The minimum absolute atomic E-state index is 0.00522. The molecule has 5 heterocycles. The van der Waals surface area contributed by atoms with Gasteiger partial charge in [0.15, 0.2) is 6.61 Å². The average molecular weight is 2120 g/mol. The molecule has 2 aromatic carbocycles. The number of benzene rings is 2. The smallest absolute Gasteiger partial charge is 0.407 e. The van der Waals surface area contributed by atoms with E-state index in [2.05, 4.69) is 114 Å². The lowest BCUT2D eigenvalue weighted by molar-refractivity contribution is -0.144. The van der Waals surface area contributed by atoms with Gasteiger partial charge in [0.25, 0.3) is 5.91 Å². The third-order valence-corrected chi connectivity index (χ3v) is 31.0. The molecular weight excluding hydrogens is 1970 g/mol. The molecule has 2 fully saturated rings. The quantitative estimate of drug-likeness (QED) is 0.0237. The zero-order valence-corrected chi connectivity index (χ0v) is 87.4. The second-order valence-electron chi connectivity index (χ2n) is 36.5. The van der Waals surface area contributed by atoms with Gasteiger partial charge in [-0.1, -0.05) is 85.0 Å². The summed E-state index contributed by atoms with van der Waals surface area (Å²) in [5, 5.41) is 81.7. The first kappa shape index (κ1) is 122. The molecule has 47 nitrogen and oxygen atoms in total. The van der Waals surface area contributed by atoms with Crippen molar-refractivity contribution in [2.75, 3.05) is 173 Å². The number of primary amides is 2. The number of fused-ring (bicyclic) bond motifs is 5. The van der Waals surface area contributed by atoms with E-state index in [1.54, 1.807) is 52.0 Å². The Hall–Kier alpha value is -10.4. The summed E-state index contributed by atoms with van der Waals surface area (Å²) in [7, 11) is -2.51. The molecule has 15 atom stereocenters. The van der Waals surface area contributed by atoms with Gasteiger partial charge in [0, 0.05) is 99.4 Å². The Kier molecular flexibility index (Phi) is 53.0. The van der Waals surface area contributed by atoms with Crippen LogP contribution in [0, 0.1) is 23.7 Å². The van der Waals surface area contributed by atoms with Gasteiger partial charge >= 0.3 is 12.1 Å². The van der Waals surface area contributed by atoms with Crippen molar-refractivity contribution in [2.45, 2.75) is 214 Å². The van der Waals surface area contributed by atoms with Crippen LogP contribution in [0.5, 0.6) is 5.75 Å². The second-order valence-corrected chi connectivity index (χ2v) is 42.0. The minimum Gasteiger partial charge on any atom is -0.508 e. The second kappa shape index (κ2) is 63.3. The number of urea groups is 1. The molecule has 15 amide bonds. The van der Waals surface area contributed by atoms with Crippen LogP contribution in [0.3, 0.4) is 0 Å². The number of phenols is 1. The molecule has 2 bridgehead atoms. The van der Waals surface area contributed by atoms with Crippen LogP contribution in [-0.4, -0.2) is 361 Å². The van der Waals surface area contributed by atoms with E-state index >= 15 is 4.21 Å². The number of amides is 15. The van der Waals surface area contributed by atoms with Gasteiger partial charge < -0.3 is 159 Å². The van der Waals surface area contributed by atoms with E-state index in [-0.39, 0.29) is 120 Å². The van der Waals surface area contributed by atoms with Crippen LogP contribution in [0.1, 0.15) is 137 Å². The highest BCUT2D eigenvalue weighted by Gasteiger charge is 2.49. The lowest BCUT2D eigenvalue weighted by Gasteiger charge is -2.46. The van der Waals surface area contributed by atoms with Gasteiger partial charge in [-0.3, -0.25) is 61.7 Å². The molecule has 0 saturated carbocycles. The number of H-pyrrole nitrogens is 1. The average Bonchev–Trinajstić information content (AvgIpc) is 1.62. The number of hydrogen-bond acceptors (Lipinski definition) is 34. The van der Waals surface area contributed by atoms with Crippen LogP contribution in [0.2, 0.25) is 0 Å². The van der Waals surface area contributed by atoms with E-state index in [9.17, 15) is 87.5 Å². The van der Waals surface area contributed by atoms with Crippen molar-refractivity contribution in [1.29, 1.82) is 0 Å². The predicted molar refractivity (Wildman–Crippen MR) is 543 cm³/mol. The number of anilines is 1. The van der Waals surface area contributed by atoms with Gasteiger partial charge in [0.05, 0.1) is 165 Å². The number of aliphatic hydroxyl groups is 3. The topological polar surface area (TPSA) is 686 Å². The molecule has 812 valence electrons. The molecule has 0 aliphatic carbocycles. The third-order valence-electron chi connectivity index (χ3n) is 24.9. The van der Waals surface area contributed by atoms with E-state index in [0.29, 0.717) is 113 Å². The molecular formula is C94H149N19O28S4.